The third-order valence-corrected chi connectivity index (χ3v) is 5.37. The lowest BCUT2D eigenvalue weighted by Gasteiger charge is -2.32. The van der Waals surface area contributed by atoms with Crippen LogP contribution in [0.4, 0.5) is 5.82 Å². The molecule has 3 aromatic rings. The second kappa shape index (κ2) is 7.67. The van der Waals surface area contributed by atoms with Crippen molar-refractivity contribution in [1.82, 2.24) is 19.5 Å². The summed E-state index contributed by atoms with van der Waals surface area (Å²) in [6.45, 7) is 4.87. The Morgan fingerprint density at radius 3 is 2.75 bits per heavy atom. The van der Waals surface area contributed by atoms with Gasteiger partial charge in [-0.1, -0.05) is 6.07 Å². The number of rotatable bonds is 5. The number of aromatic nitrogens is 3. The summed E-state index contributed by atoms with van der Waals surface area (Å²) in [4.78, 5) is 7.30. The van der Waals surface area contributed by atoms with Crippen LogP contribution >= 0.6 is 0 Å². The molecule has 0 bridgehead atoms. The summed E-state index contributed by atoms with van der Waals surface area (Å²) in [6.07, 6.45) is 2.27. The van der Waals surface area contributed by atoms with Gasteiger partial charge in [-0.15, -0.1) is 0 Å². The molecule has 0 radical (unpaired) electrons. The van der Waals surface area contributed by atoms with Crippen LogP contribution in [0.1, 0.15) is 35.7 Å². The minimum Gasteiger partial charge on any atom is -0.493 e. The Hall–Kier alpha value is -2.80. The molecule has 148 valence electrons. The highest BCUT2D eigenvalue weighted by atomic mass is 16.5. The van der Waals surface area contributed by atoms with Gasteiger partial charge in [0, 0.05) is 31.1 Å². The molecule has 1 unspecified atom stereocenters. The molecule has 4 rings (SSSR count). The van der Waals surface area contributed by atoms with E-state index in [1.807, 2.05) is 25.1 Å². The van der Waals surface area contributed by atoms with Gasteiger partial charge in [-0.25, -0.2) is 4.98 Å². The second-order valence-electron chi connectivity index (χ2n) is 7.43. The molecule has 0 amide bonds. The van der Waals surface area contributed by atoms with Crippen LogP contribution in [0.25, 0.3) is 5.65 Å². The molecule has 2 N–H and O–H groups in total. The summed E-state index contributed by atoms with van der Waals surface area (Å²) in [5.41, 5.74) is 10.2. The molecule has 7 heteroatoms. The summed E-state index contributed by atoms with van der Waals surface area (Å²) in [5.74, 6) is 2.54. The first-order valence-electron chi connectivity index (χ1n) is 9.63. The van der Waals surface area contributed by atoms with Crippen molar-refractivity contribution in [3.8, 4) is 11.5 Å². The fourth-order valence-corrected chi connectivity index (χ4v) is 4.02. The molecule has 1 aliphatic rings. The van der Waals surface area contributed by atoms with E-state index in [2.05, 4.69) is 22.1 Å². The van der Waals surface area contributed by atoms with Gasteiger partial charge in [-0.05, 0) is 44.0 Å². The Balaban J connectivity index is 1.52. The molecule has 1 fully saturated rings. The number of nitrogens with two attached hydrogens (primary N) is 1. The van der Waals surface area contributed by atoms with Crippen molar-refractivity contribution >= 4 is 11.5 Å². The lowest BCUT2D eigenvalue weighted by Crippen LogP contribution is -2.34. The van der Waals surface area contributed by atoms with Crippen LogP contribution in [-0.2, 0) is 6.54 Å². The number of hydrogen-bond acceptors (Lipinski definition) is 6. The zero-order chi connectivity index (χ0) is 19.7. The Kier molecular flexibility index (Phi) is 5.09. The molecule has 0 saturated carbocycles. The molecule has 1 atom stereocenters. The average molecular weight is 381 g/mol. The lowest BCUT2D eigenvalue weighted by atomic mass is 9.94. The van der Waals surface area contributed by atoms with E-state index in [9.17, 15) is 0 Å². The zero-order valence-electron chi connectivity index (χ0n) is 16.7. The van der Waals surface area contributed by atoms with Gasteiger partial charge >= 0.3 is 0 Å². The van der Waals surface area contributed by atoms with Crippen molar-refractivity contribution in [1.29, 1.82) is 0 Å². The number of hydrogen-bond donors (Lipinski definition) is 1. The lowest BCUT2D eigenvalue weighted by molar-refractivity contribution is 0.198. The molecule has 2 aromatic heterocycles. The van der Waals surface area contributed by atoms with Crippen molar-refractivity contribution in [3.05, 3.63) is 47.3 Å². The highest BCUT2D eigenvalue weighted by Crippen LogP contribution is 2.31. The van der Waals surface area contributed by atoms with E-state index in [4.69, 9.17) is 20.2 Å². The van der Waals surface area contributed by atoms with Crippen LogP contribution in [0.3, 0.4) is 0 Å². The van der Waals surface area contributed by atoms with E-state index in [1.54, 1.807) is 18.7 Å². The number of likely N-dealkylation sites (tertiary alicyclic amines) is 1. The maximum absolute atomic E-state index is 6.22. The molecule has 0 aliphatic carbocycles. The number of nitrogens with zero attached hydrogens (tertiary/aromatic N) is 4. The summed E-state index contributed by atoms with van der Waals surface area (Å²) in [7, 11) is 3.33. The number of methoxy groups -OCH3 is 2. The van der Waals surface area contributed by atoms with E-state index >= 15 is 0 Å². The summed E-state index contributed by atoms with van der Waals surface area (Å²) in [6, 6.07) is 10.1. The number of nitrogen functional groups attached to an aromatic ring is 1. The topological polar surface area (TPSA) is 77.9 Å². The van der Waals surface area contributed by atoms with Crippen molar-refractivity contribution in [2.75, 3.05) is 33.0 Å². The summed E-state index contributed by atoms with van der Waals surface area (Å²) in [5, 5.41) is 4.40. The Morgan fingerprint density at radius 2 is 1.96 bits per heavy atom. The van der Waals surface area contributed by atoms with Gasteiger partial charge in [-0.2, -0.15) is 9.61 Å². The first kappa shape index (κ1) is 18.6. The van der Waals surface area contributed by atoms with Crippen molar-refractivity contribution in [2.24, 2.45) is 0 Å². The molecule has 28 heavy (non-hydrogen) atoms. The molecule has 1 aliphatic heterocycles. The SMILES string of the molecule is COc1ccc(CN2CCCC(c3cc(N)n4nc(C)cc4n3)C2)cc1OC. The first-order valence-corrected chi connectivity index (χ1v) is 9.63. The number of piperidine rings is 1. The summed E-state index contributed by atoms with van der Waals surface area (Å²) >= 11 is 0. The second-order valence-corrected chi connectivity index (χ2v) is 7.43. The predicted octanol–water partition coefficient (Wildman–Crippen LogP) is 3.02. The molecule has 1 saturated heterocycles. The van der Waals surface area contributed by atoms with Crippen LogP contribution in [0.15, 0.2) is 30.3 Å². The largest absolute Gasteiger partial charge is 0.493 e. The third-order valence-electron chi connectivity index (χ3n) is 5.37. The number of ether oxygens (including phenoxy) is 2. The van der Waals surface area contributed by atoms with Crippen molar-refractivity contribution in [3.63, 3.8) is 0 Å². The van der Waals surface area contributed by atoms with E-state index in [-0.39, 0.29) is 0 Å². The van der Waals surface area contributed by atoms with E-state index < -0.39 is 0 Å². The molecule has 3 heterocycles. The smallest absolute Gasteiger partial charge is 0.161 e. The van der Waals surface area contributed by atoms with Gasteiger partial charge < -0.3 is 15.2 Å². The van der Waals surface area contributed by atoms with E-state index in [1.165, 1.54) is 5.56 Å². The van der Waals surface area contributed by atoms with E-state index in [0.29, 0.717) is 11.7 Å². The Labute approximate surface area is 165 Å². The van der Waals surface area contributed by atoms with Crippen molar-refractivity contribution in [2.45, 2.75) is 32.2 Å². The van der Waals surface area contributed by atoms with Crippen LogP contribution < -0.4 is 15.2 Å². The van der Waals surface area contributed by atoms with E-state index in [0.717, 1.165) is 61.0 Å². The van der Waals surface area contributed by atoms with Crippen LogP contribution in [0.2, 0.25) is 0 Å². The monoisotopic (exact) mass is 381 g/mol. The fourth-order valence-electron chi connectivity index (χ4n) is 4.02. The van der Waals surface area contributed by atoms with Gasteiger partial charge in [0.2, 0.25) is 0 Å². The maximum Gasteiger partial charge on any atom is 0.161 e. The Morgan fingerprint density at radius 1 is 1.14 bits per heavy atom. The van der Waals surface area contributed by atoms with Gasteiger partial charge in [0.25, 0.3) is 0 Å². The highest BCUT2D eigenvalue weighted by Gasteiger charge is 2.24. The molecule has 0 spiro atoms. The van der Waals surface area contributed by atoms with Gasteiger partial charge in [0.05, 0.1) is 25.6 Å². The molecular weight excluding hydrogens is 354 g/mol. The number of anilines is 1. The standard InChI is InChI=1S/C21H27N5O2/c1-14-9-21-23-17(11-20(22)26(21)24-14)16-5-4-8-25(13-16)12-15-6-7-18(27-2)19(10-15)28-3/h6-7,9-11,16H,4-5,8,12-13,22H2,1-3H3. The average Bonchev–Trinajstić information content (AvgIpc) is 3.09. The number of aryl methyl sites for hydroxylation is 1. The number of benzene rings is 1. The van der Waals surface area contributed by atoms with Gasteiger partial charge in [-0.3, -0.25) is 4.90 Å². The predicted molar refractivity (Wildman–Crippen MR) is 109 cm³/mol. The van der Waals surface area contributed by atoms with Gasteiger partial charge in [0.15, 0.2) is 17.1 Å². The zero-order valence-corrected chi connectivity index (χ0v) is 16.7. The highest BCUT2D eigenvalue weighted by molar-refractivity contribution is 5.49. The molecule has 1 aromatic carbocycles. The normalized spacial score (nSPS) is 17.8. The minimum atomic E-state index is 0.372. The molecule has 7 nitrogen and oxygen atoms in total. The summed E-state index contributed by atoms with van der Waals surface area (Å²) < 4.78 is 12.5. The quantitative estimate of drug-likeness (QED) is 0.732. The van der Waals surface area contributed by atoms with Gasteiger partial charge in [0.1, 0.15) is 5.82 Å². The van der Waals surface area contributed by atoms with Crippen LogP contribution in [0.5, 0.6) is 11.5 Å². The fraction of sp³-hybridized carbons (Fsp3) is 0.429. The first-order chi connectivity index (χ1) is 13.6. The maximum atomic E-state index is 6.22. The van der Waals surface area contributed by atoms with Crippen LogP contribution in [-0.4, -0.2) is 46.8 Å². The number of fused-ring (bicyclic) bond motifs is 1. The third kappa shape index (κ3) is 3.62. The minimum absolute atomic E-state index is 0.372. The molecular formula is C21H27N5O2. The Bertz CT molecular complexity index is 984. The van der Waals surface area contributed by atoms with Crippen LogP contribution in [0, 0.1) is 6.92 Å². The van der Waals surface area contributed by atoms with Crippen molar-refractivity contribution < 1.29 is 9.47 Å².